The highest BCUT2D eigenvalue weighted by Crippen LogP contribution is 2.45. The molecule has 1 aliphatic heterocycles. The Bertz CT molecular complexity index is 691. The molecule has 1 aliphatic carbocycles. The quantitative estimate of drug-likeness (QED) is 0.714. The number of ether oxygens (including phenoxy) is 1. The van der Waals surface area contributed by atoms with Crippen LogP contribution in [0.2, 0.25) is 0 Å². The molecule has 1 saturated carbocycles. The van der Waals surface area contributed by atoms with Gasteiger partial charge in [0.25, 0.3) is 0 Å². The van der Waals surface area contributed by atoms with Gasteiger partial charge in [-0.2, -0.15) is 0 Å². The Balaban J connectivity index is 1.92. The number of fused-ring (bicyclic) bond motifs is 2. The first kappa shape index (κ1) is 16.6. The van der Waals surface area contributed by atoms with Crippen molar-refractivity contribution in [1.29, 1.82) is 0 Å². The molecule has 1 aromatic carbocycles. The third-order valence-corrected chi connectivity index (χ3v) is 4.77. The Morgan fingerprint density at radius 2 is 1.92 bits per heavy atom. The zero-order chi connectivity index (χ0) is 17.3. The standard InChI is InChI=1S/C19H22O5/c1-11-6-13-7-12(13)4-2-3-5-15(20)8-14-9-16(21)10-17(22)18(14)19(23)24-11/h3,5,9-13,21-22H,2,4,6-8H2,1H3/b5-3+/t11-,12-,13-/m0/s1. The van der Waals surface area contributed by atoms with Gasteiger partial charge in [-0.15, -0.1) is 0 Å². The van der Waals surface area contributed by atoms with Crippen LogP contribution in [0.3, 0.4) is 0 Å². The number of carbonyl (C=O) groups is 2. The maximum Gasteiger partial charge on any atom is 0.342 e. The van der Waals surface area contributed by atoms with E-state index in [0.717, 1.165) is 31.7 Å². The molecule has 3 atom stereocenters. The molecule has 0 spiro atoms. The Morgan fingerprint density at radius 3 is 2.71 bits per heavy atom. The van der Waals surface area contributed by atoms with Gasteiger partial charge in [-0.25, -0.2) is 4.79 Å². The molecule has 0 bridgehead atoms. The van der Waals surface area contributed by atoms with E-state index in [9.17, 15) is 19.8 Å². The molecule has 1 fully saturated rings. The van der Waals surface area contributed by atoms with Gasteiger partial charge >= 0.3 is 5.97 Å². The number of cyclic esters (lactones) is 1. The predicted molar refractivity (Wildman–Crippen MR) is 87.9 cm³/mol. The fourth-order valence-electron chi connectivity index (χ4n) is 3.48. The van der Waals surface area contributed by atoms with E-state index in [1.54, 1.807) is 0 Å². The number of phenolic OH excluding ortho intramolecular Hbond substituents is 2. The predicted octanol–water partition coefficient (Wildman–Crippen LogP) is 3.13. The van der Waals surface area contributed by atoms with E-state index >= 15 is 0 Å². The second-order valence-corrected chi connectivity index (χ2v) is 6.83. The number of hydrogen-bond acceptors (Lipinski definition) is 5. The molecule has 2 N–H and O–H groups in total. The summed E-state index contributed by atoms with van der Waals surface area (Å²) in [4.78, 5) is 24.6. The third kappa shape index (κ3) is 3.78. The van der Waals surface area contributed by atoms with E-state index in [4.69, 9.17) is 4.74 Å². The number of phenols is 2. The Kier molecular flexibility index (Phi) is 4.60. The Morgan fingerprint density at radius 1 is 1.12 bits per heavy atom. The molecule has 0 aromatic heterocycles. The molecule has 0 amide bonds. The number of allylic oxidation sites excluding steroid dienone is 2. The van der Waals surface area contributed by atoms with Crippen molar-refractivity contribution >= 4 is 11.8 Å². The van der Waals surface area contributed by atoms with Crippen molar-refractivity contribution in [2.75, 3.05) is 0 Å². The summed E-state index contributed by atoms with van der Waals surface area (Å²) in [6.45, 7) is 1.85. The second-order valence-electron chi connectivity index (χ2n) is 6.83. The highest BCUT2D eigenvalue weighted by molar-refractivity contribution is 5.98. The molecule has 1 aromatic rings. The van der Waals surface area contributed by atoms with Gasteiger partial charge in [0.05, 0.1) is 6.10 Å². The van der Waals surface area contributed by atoms with Crippen LogP contribution in [0.1, 0.15) is 48.5 Å². The van der Waals surface area contributed by atoms with Gasteiger partial charge in [-0.05, 0) is 62.1 Å². The summed E-state index contributed by atoms with van der Waals surface area (Å²) in [7, 11) is 0. The van der Waals surface area contributed by atoms with Crippen LogP contribution in [0.4, 0.5) is 0 Å². The van der Waals surface area contributed by atoms with Crippen LogP contribution in [0.5, 0.6) is 11.5 Å². The molecule has 3 rings (SSSR count). The van der Waals surface area contributed by atoms with Crippen LogP contribution in [-0.2, 0) is 16.0 Å². The van der Waals surface area contributed by atoms with Gasteiger partial charge in [0, 0.05) is 12.5 Å². The van der Waals surface area contributed by atoms with E-state index in [0.29, 0.717) is 11.8 Å². The van der Waals surface area contributed by atoms with Gasteiger partial charge < -0.3 is 14.9 Å². The minimum absolute atomic E-state index is 0.0363. The lowest BCUT2D eigenvalue weighted by Crippen LogP contribution is -2.18. The van der Waals surface area contributed by atoms with E-state index in [1.165, 1.54) is 12.1 Å². The van der Waals surface area contributed by atoms with E-state index in [1.807, 2.05) is 13.0 Å². The van der Waals surface area contributed by atoms with Crippen molar-refractivity contribution in [3.05, 3.63) is 35.4 Å². The number of aromatic hydroxyl groups is 2. The lowest BCUT2D eigenvalue weighted by Gasteiger charge is -2.16. The maximum absolute atomic E-state index is 12.5. The molecule has 0 saturated heterocycles. The average molecular weight is 330 g/mol. The number of ketones is 1. The number of rotatable bonds is 0. The van der Waals surface area contributed by atoms with Gasteiger partial charge in [0.15, 0.2) is 5.78 Å². The average Bonchev–Trinajstić information content (AvgIpc) is 3.19. The van der Waals surface area contributed by atoms with Gasteiger partial charge in [0.2, 0.25) is 0 Å². The van der Waals surface area contributed by atoms with E-state index in [2.05, 4.69) is 0 Å². The largest absolute Gasteiger partial charge is 0.508 e. The molecule has 2 aliphatic rings. The van der Waals surface area contributed by atoms with Gasteiger partial charge in [-0.1, -0.05) is 6.08 Å². The lowest BCUT2D eigenvalue weighted by atomic mass is 9.99. The fourth-order valence-corrected chi connectivity index (χ4v) is 3.48. The summed E-state index contributed by atoms with van der Waals surface area (Å²) >= 11 is 0. The maximum atomic E-state index is 12.5. The summed E-state index contributed by atoms with van der Waals surface area (Å²) in [5, 5.41) is 19.7. The summed E-state index contributed by atoms with van der Waals surface area (Å²) in [6.07, 6.45) is 6.93. The molecule has 128 valence electrons. The zero-order valence-corrected chi connectivity index (χ0v) is 13.7. The van der Waals surface area contributed by atoms with Crippen molar-refractivity contribution in [3.8, 4) is 11.5 Å². The first-order valence-electron chi connectivity index (χ1n) is 8.39. The van der Waals surface area contributed by atoms with Crippen molar-refractivity contribution < 1.29 is 24.5 Å². The number of benzene rings is 1. The first-order valence-corrected chi connectivity index (χ1v) is 8.39. The molecule has 0 unspecified atom stereocenters. The Hall–Kier alpha value is -2.30. The molecular weight excluding hydrogens is 308 g/mol. The highest BCUT2D eigenvalue weighted by atomic mass is 16.5. The summed E-state index contributed by atoms with van der Waals surface area (Å²) in [5.41, 5.74) is 0.242. The van der Waals surface area contributed by atoms with Crippen LogP contribution in [0, 0.1) is 11.8 Å². The van der Waals surface area contributed by atoms with Crippen LogP contribution in [0.25, 0.3) is 0 Å². The molecule has 0 radical (unpaired) electrons. The minimum atomic E-state index is -0.652. The van der Waals surface area contributed by atoms with Crippen molar-refractivity contribution in [2.45, 2.75) is 45.1 Å². The number of hydrogen-bond donors (Lipinski definition) is 2. The highest BCUT2D eigenvalue weighted by Gasteiger charge is 2.37. The van der Waals surface area contributed by atoms with Crippen LogP contribution < -0.4 is 0 Å². The van der Waals surface area contributed by atoms with Crippen molar-refractivity contribution in [2.24, 2.45) is 11.8 Å². The zero-order valence-electron chi connectivity index (χ0n) is 13.7. The molecule has 5 nitrogen and oxygen atoms in total. The monoisotopic (exact) mass is 330 g/mol. The molecule has 24 heavy (non-hydrogen) atoms. The topological polar surface area (TPSA) is 83.8 Å². The second kappa shape index (κ2) is 6.67. The summed E-state index contributed by atoms with van der Waals surface area (Å²) < 4.78 is 5.46. The number of esters is 1. The minimum Gasteiger partial charge on any atom is -0.508 e. The van der Waals surface area contributed by atoms with Gasteiger partial charge in [-0.3, -0.25) is 4.79 Å². The molecule has 5 heteroatoms. The summed E-state index contributed by atoms with van der Waals surface area (Å²) in [5.74, 6) is -0.173. The van der Waals surface area contributed by atoms with Crippen molar-refractivity contribution in [3.63, 3.8) is 0 Å². The van der Waals surface area contributed by atoms with Crippen LogP contribution >= 0.6 is 0 Å². The molecular formula is C19H22O5. The van der Waals surface area contributed by atoms with Crippen LogP contribution in [-0.4, -0.2) is 28.1 Å². The number of carbonyl (C=O) groups excluding carboxylic acids is 2. The third-order valence-electron chi connectivity index (χ3n) is 4.77. The van der Waals surface area contributed by atoms with E-state index < -0.39 is 5.97 Å². The summed E-state index contributed by atoms with van der Waals surface area (Å²) in [6, 6.07) is 2.42. The normalized spacial score (nSPS) is 29.0. The smallest absolute Gasteiger partial charge is 0.342 e. The van der Waals surface area contributed by atoms with Gasteiger partial charge in [0.1, 0.15) is 17.1 Å². The fraction of sp³-hybridized carbons (Fsp3) is 0.474. The SMILES string of the molecule is C[C@H]1C[C@H]2C[C@@H]2CC/C=C/C(=O)Cc2cc(O)cc(O)c2C(=O)O1. The molecule has 1 heterocycles. The Labute approximate surface area is 140 Å². The van der Waals surface area contributed by atoms with Crippen molar-refractivity contribution in [1.82, 2.24) is 0 Å². The lowest BCUT2D eigenvalue weighted by molar-refractivity contribution is -0.114. The van der Waals surface area contributed by atoms with Crippen LogP contribution in [0.15, 0.2) is 24.3 Å². The first-order chi connectivity index (χ1) is 11.4. The van der Waals surface area contributed by atoms with E-state index in [-0.39, 0.29) is 40.9 Å².